The number of halogens is 1. The second-order valence-electron chi connectivity index (χ2n) is 6.26. The summed E-state index contributed by atoms with van der Waals surface area (Å²) in [6, 6.07) is 5.71. The number of aromatic nitrogens is 3. The van der Waals surface area contributed by atoms with Crippen molar-refractivity contribution in [2.75, 3.05) is 11.9 Å². The van der Waals surface area contributed by atoms with Crippen LogP contribution in [0.2, 0.25) is 5.02 Å². The minimum absolute atomic E-state index is 0.310. The lowest BCUT2D eigenvalue weighted by Crippen LogP contribution is -2.20. The van der Waals surface area contributed by atoms with E-state index in [1.165, 1.54) is 12.8 Å². The van der Waals surface area contributed by atoms with E-state index in [2.05, 4.69) is 20.1 Å². The molecule has 24 heavy (non-hydrogen) atoms. The molecule has 0 amide bonds. The molecule has 2 heterocycles. The van der Waals surface area contributed by atoms with Crippen LogP contribution in [-0.4, -0.2) is 27.5 Å². The van der Waals surface area contributed by atoms with E-state index < -0.39 is 0 Å². The summed E-state index contributed by atoms with van der Waals surface area (Å²) < 4.78 is 13.7. The number of nitrogens with one attached hydrogen (secondary N) is 1. The zero-order valence-electron chi connectivity index (χ0n) is 13.5. The summed E-state index contributed by atoms with van der Waals surface area (Å²) in [5, 5.41) is 12.5. The van der Waals surface area contributed by atoms with Crippen molar-refractivity contribution in [1.82, 2.24) is 14.8 Å². The minimum Gasteiger partial charge on any atom is -0.488 e. The minimum atomic E-state index is 0.310. The number of rotatable bonds is 5. The molecule has 0 unspecified atom stereocenters. The highest BCUT2D eigenvalue weighted by Gasteiger charge is 2.19. The molecular formula is C17H21ClN4O2. The fraction of sp³-hybridized carbons (Fsp3) is 0.529. The number of hydrogen-bond acceptors (Lipinski definition) is 5. The highest BCUT2D eigenvalue weighted by Crippen LogP contribution is 2.32. The van der Waals surface area contributed by atoms with Crippen molar-refractivity contribution in [2.45, 2.75) is 51.5 Å². The van der Waals surface area contributed by atoms with Crippen molar-refractivity contribution in [3.63, 3.8) is 0 Å². The lowest BCUT2D eigenvalue weighted by atomic mass is 10.2. The molecule has 0 saturated heterocycles. The van der Waals surface area contributed by atoms with E-state index in [-0.39, 0.29) is 0 Å². The summed E-state index contributed by atoms with van der Waals surface area (Å²) in [5.74, 6) is 2.64. The molecule has 6 nitrogen and oxygen atoms in total. The predicted molar refractivity (Wildman–Crippen MR) is 91.3 cm³/mol. The second kappa shape index (κ2) is 6.99. The summed E-state index contributed by atoms with van der Waals surface area (Å²) in [7, 11) is 0. The van der Waals surface area contributed by atoms with Crippen molar-refractivity contribution >= 4 is 17.3 Å². The van der Waals surface area contributed by atoms with Gasteiger partial charge in [-0.25, -0.2) is 0 Å². The summed E-state index contributed by atoms with van der Waals surface area (Å²) in [6.07, 6.45) is 5.05. The van der Waals surface area contributed by atoms with Crippen LogP contribution in [0.15, 0.2) is 18.2 Å². The van der Waals surface area contributed by atoms with Gasteiger partial charge in [-0.05, 0) is 43.9 Å². The van der Waals surface area contributed by atoms with Crippen molar-refractivity contribution in [3.05, 3.63) is 34.9 Å². The molecule has 0 bridgehead atoms. The molecule has 1 aromatic carbocycles. The van der Waals surface area contributed by atoms with Gasteiger partial charge < -0.3 is 19.4 Å². The first-order valence-corrected chi connectivity index (χ1v) is 8.86. The summed E-state index contributed by atoms with van der Waals surface area (Å²) in [5.41, 5.74) is 0.902. The van der Waals surface area contributed by atoms with Gasteiger partial charge in [0.2, 0.25) is 0 Å². The van der Waals surface area contributed by atoms with Crippen LogP contribution in [0.3, 0.4) is 0 Å². The van der Waals surface area contributed by atoms with Crippen LogP contribution in [0.4, 0.5) is 5.69 Å². The molecule has 1 N–H and O–H groups in total. The number of nitrogens with zero attached hydrogens (tertiary/aromatic N) is 3. The summed E-state index contributed by atoms with van der Waals surface area (Å²) in [6.45, 7) is 2.60. The van der Waals surface area contributed by atoms with E-state index in [1.54, 1.807) is 0 Å². The first-order chi connectivity index (χ1) is 11.8. The monoisotopic (exact) mass is 348 g/mol. The molecule has 2 aliphatic rings. The summed E-state index contributed by atoms with van der Waals surface area (Å²) >= 11 is 6.16. The molecule has 2 aromatic rings. The Balaban J connectivity index is 1.49. The Morgan fingerprint density at radius 2 is 2.17 bits per heavy atom. The topological polar surface area (TPSA) is 61.2 Å². The van der Waals surface area contributed by atoms with Crippen LogP contribution >= 0.6 is 11.6 Å². The van der Waals surface area contributed by atoms with Crippen LogP contribution in [0.1, 0.15) is 37.3 Å². The number of anilines is 1. The third-order valence-corrected chi connectivity index (χ3v) is 4.80. The number of hydrogen-bond donors (Lipinski definition) is 1. The Bertz CT molecular complexity index is 713. The average Bonchev–Trinajstić information content (AvgIpc) is 3.25. The summed E-state index contributed by atoms with van der Waals surface area (Å²) in [4.78, 5) is 0. The van der Waals surface area contributed by atoms with Gasteiger partial charge >= 0.3 is 0 Å². The highest BCUT2D eigenvalue weighted by molar-refractivity contribution is 6.30. The van der Waals surface area contributed by atoms with Crippen LogP contribution in [-0.2, 0) is 24.4 Å². The second-order valence-corrected chi connectivity index (χ2v) is 6.69. The highest BCUT2D eigenvalue weighted by atomic mass is 35.5. The molecule has 1 aromatic heterocycles. The molecule has 1 saturated carbocycles. The maximum atomic E-state index is 6.16. The fourth-order valence-electron chi connectivity index (χ4n) is 3.29. The van der Waals surface area contributed by atoms with Crippen molar-refractivity contribution < 1.29 is 9.47 Å². The normalized spacial score (nSPS) is 17.7. The van der Waals surface area contributed by atoms with E-state index >= 15 is 0 Å². The Morgan fingerprint density at radius 1 is 1.29 bits per heavy atom. The van der Waals surface area contributed by atoms with Gasteiger partial charge in [-0.3, -0.25) is 0 Å². The largest absolute Gasteiger partial charge is 0.488 e. The third-order valence-electron chi connectivity index (χ3n) is 4.57. The Kier molecular flexibility index (Phi) is 4.58. The SMILES string of the molecule is Clc1ccc(OC2CCCC2)c(NCc2nnc3n2CCOC3)c1. The molecule has 1 aliphatic carbocycles. The van der Waals surface area contributed by atoms with Gasteiger partial charge in [-0.2, -0.15) is 0 Å². The average molecular weight is 349 g/mol. The number of fused-ring (bicyclic) bond motifs is 1. The number of benzene rings is 1. The molecule has 128 valence electrons. The molecule has 1 aliphatic heterocycles. The van der Waals surface area contributed by atoms with Crippen LogP contribution < -0.4 is 10.1 Å². The van der Waals surface area contributed by atoms with E-state index in [1.807, 2.05) is 18.2 Å². The van der Waals surface area contributed by atoms with E-state index in [9.17, 15) is 0 Å². The first kappa shape index (κ1) is 15.7. The maximum Gasteiger partial charge on any atom is 0.159 e. The van der Waals surface area contributed by atoms with E-state index in [0.717, 1.165) is 42.5 Å². The predicted octanol–water partition coefficient (Wildman–Crippen LogP) is 3.40. The molecule has 0 atom stereocenters. The van der Waals surface area contributed by atoms with Gasteiger partial charge in [0, 0.05) is 11.6 Å². The third kappa shape index (κ3) is 3.35. The quantitative estimate of drug-likeness (QED) is 0.897. The smallest absolute Gasteiger partial charge is 0.159 e. The van der Waals surface area contributed by atoms with Gasteiger partial charge in [0.15, 0.2) is 11.6 Å². The van der Waals surface area contributed by atoms with Gasteiger partial charge in [0.25, 0.3) is 0 Å². The number of ether oxygens (including phenoxy) is 2. The molecule has 7 heteroatoms. The molecule has 4 rings (SSSR count). The van der Waals surface area contributed by atoms with E-state index in [4.69, 9.17) is 21.1 Å². The van der Waals surface area contributed by atoms with Gasteiger partial charge in [-0.15, -0.1) is 10.2 Å². The van der Waals surface area contributed by atoms with Crippen LogP contribution in [0.5, 0.6) is 5.75 Å². The molecular weight excluding hydrogens is 328 g/mol. The molecule has 0 radical (unpaired) electrons. The zero-order chi connectivity index (χ0) is 16.4. The molecule has 0 spiro atoms. The van der Waals surface area contributed by atoms with E-state index in [0.29, 0.717) is 30.9 Å². The van der Waals surface area contributed by atoms with Crippen molar-refractivity contribution in [2.24, 2.45) is 0 Å². The zero-order valence-corrected chi connectivity index (χ0v) is 14.3. The van der Waals surface area contributed by atoms with Crippen molar-refractivity contribution in [1.29, 1.82) is 0 Å². The van der Waals surface area contributed by atoms with Gasteiger partial charge in [0.1, 0.15) is 12.4 Å². The van der Waals surface area contributed by atoms with Crippen LogP contribution in [0, 0.1) is 0 Å². The lowest BCUT2D eigenvalue weighted by Gasteiger charge is -2.19. The Morgan fingerprint density at radius 3 is 3.04 bits per heavy atom. The standard InChI is InChI=1S/C17H21ClN4O2/c18-12-5-6-15(24-13-3-1-2-4-13)14(9-12)19-10-16-20-21-17-11-23-8-7-22(16)17/h5-6,9,13,19H,1-4,7-8,10-11H2. The van der Waals surface area contributed by atoms with Gasteiger partial charge in [0.05, 0.1) is 24.9 Å². The molecule has 1 fully saturated rings. The van der Waals surface area contributed by atoms with Crippen LogP contribution in [0.25, 0.3) is 0 Å². The Labute approximate surface area is 146 Å². The first-order valence-electron chi connectivity index (χ1n) is 8.48. The lowest BCUT2D eigenvalue weighted by molar-refractivity contribution is 0.0807. The Hall–Kier alpha value is -1.79. The maximum absolute atomic E-state index is 6.16. The van der Waals surface area contributed by atoms with Crippen molar-refractivity contribution in [3.8, 4) is 5.75 Å². The fourth-order valence-corrected chi connectivity index (χ4v) is 3.46. The van der Waals surface area contributed by atoms with Gasteiger partial charge in [-0.1, -0.05) is 11.6 Å².